The van der Waals surface area contributed by atoms with E-state index in [4.69, 9.17) is 9.97 Å². The average Bonchev–Trinajstić information content (AvgIpc) is 3.47. The van der Waals surface area contributed by atoms with Gasteiger partial charge in [0.1, 0.15) is 15.7 Å². The summed E-state index contributed by atoms with van der Waals surface area (Å²) in [6.07, 6.45) is 8.24. The van der Waals surface area contributed by atoms with Crippen LogP contribution in [-0.2, 0) is 17.6 Å². The molecule has 28 heavy (non-hydrogen) atoms. The van der Waals surface area contributed by atoms with E-state index < -0.39 is 0 Å². The fourth-order valence-electron chi connectivity index (χ4n) is 4.43. The van der Waals surface area contributed by atoms with Crippen molar-refractivity contribution >= 4 is 39.2 Å². The molecule has 1 saturated heterocycles. The number of carbonyl (C=O) groups excluding carboxylic acids is 1. The van der Waals surface area contributed by atoms with Crippen molar-refractivity contribution in [3.8, 4) is 0 Å². The number of hydrogen-bond acceptors (Lipinski definition) is 5. The Balaban J connectivity index is 1.41. The van der Waals surface area contributed by atoms with E-state index >= 15 is 0 Å². The van der Waals surface area contributed by atoms with Gasteiger partial charge in [-0.2, -0.15) is 0 Å². The molecule has 3 heterocycles. The first-order valence-corrected chi connectivity index (χ1v) is 12.6. The van der Waals surface area contributed by atoms with E-state index in [0.717, 1.165) is 59.9 Å². The van der Waals surface area contributed by atoms with Crippen LogP contribution >= 0.6 is 23.1 Å². The first-order chi connectivity index (χ1) is 13.6. The fraction of sp³-hybridized carbons (Fsp3) is 0.682. The lowest BCUT2D eigenvalue weighted by molar-refractivity contribution is -0.129. The Morgan fingerprint density at radius 1 is 1.11 bits per heavy atom. The van der Waals surface area contributed by atoms with Crippen molar-refractivity contribution in [3.63, 3.8) is 0 Å². The third-order valence-electron chi connectivity index (χ3n) is 6.55. The number of fused-ring (bicyclic) bond motifs is 3. The van der Waals surface area contributed by atoms with Crippen LogP contribution in [0.2, 0.25) is 0 Å². The minimum Gasteiger partial charge on any atom is -0.342 e. The second kappa shape index (κ2) is 7.60. The predicted molar refractivity (Wildman–Crippen MR) is 116 cm³/mol. The highest BCUT2D eigenvalue weighted by atomic mass is 32.2. The molecule has 2 fully saturated rings. The van der Waals surface area contributed by atoms with Crippen LogP contribution in [0.5, 0.6) is 0 Å². The number of likely N-dealkylation sites (tertiary alicyclic amines) is 1. The molecule has 0 radical (unpaired) electrons. The molecular formula is C22H29N3OS2. The van der Waals surface area contributed by atoms with Gasteiger partial charge in [-0.25, -0.2) is 9.97 Å². The predicted octanol–water partition coefficient (Wildman–Crippen LogP) is 5.04. The second-order valence-electron chi connectivity index (χ2n) is 9.05. The van der Waals surface area contributed by atoms with Gasteiger partial charge in [0.05, 0.1) is 5.75 Å². The zero-order valence-corrected chi connectivity index (χ0v) is 18.5. The number of amides is 1. The number of thiophene rings is 1. The van der Waals surface area contributed by atoms with Gasteiger partial charge < -0.3 is 4.90 Å². The lowest BCUT2D eigenvalue weighted by Gasteiger charge is -2.30. The largest absolute Gasteiger partial charge is 0.342 e. The molecule has 1 amide bonds. The molecule has 5 rings (SSSR count). The number of aryl methyl sites for hydroxylation is 1. The van der Waals surface area contributed by atoms with Gasteiger partial charge in [-0.05, 0) is 62.3 Å². The standard InChI is InChI=1S/C22H29N3OS2/c1-13-7-9-25(10-8-13)18(26)12-27-21-19-16-6-3-14(2)11-17(16)28-22(19)24-20(23-21)15-4-5-15/h13-15H,3-12H2,1-2H3/t14-/m1/s1. The highest BCUT2D eigenvalue weighted by Crippen LogP contribution is 2.44. The molecule has 1 aliphatic heterocycles. The minimum atomic E-state index is 0.273. The number of hydrogen-bond donors (Lipinski definition) is 0. The van der Waals surface area contributed by atoms with E-state index in [1.165, 1.54) is 41.5 Å². The van der Waals surface area contributed by atoms with Gasteiger partial charge in [-0.15, -0.1) is 11.3 Å². The van der Waals surface area contributed by atoms with Gasteiger partial charge in [0, 0.05) is 29.3 Å². The molecule has 1 saturated carbocycles. The van der Waals surface area contributed by atoms with Crippen molar-refractivity contribution in [2.75, 3.05) is 18.8 Å². The molecule has 2 aromatic heterocycles. The Morgan fingerprint density at radius 2 is 1.89 bits per heavy atom. The molecule has 0 bridgehead atoms. The van der Waals surface area contributed by atoms with Gasteiger partial charge in [-0.1, -0.05) is 25.6 Å². The Kier molecular flexibility index (Phi) is 5.12. The van der Waals surface area contributed by atoms with Gasteiger partial charge in [-0.3, -0.25) is 4.79 Å². The van der Waals surface area contributed by atoms with Gasteiger partial charge in [0.2, 0.25) is 5.91 Å². The van der Waals surface area contributed by atoms with Crippen LogP contribution in [0, 0.1) is 11.8 Å². The molecule has 150 valence electrons. The third kappa shape index (κ3) is 3.70. The summed E-state index contributed by atoms with van der Waals surface area (Å²) in [5.74, 6) is 3.84. The van der Waals surface area contributed by atoms with Crippen molar-refractivity contribution in [3.05, 3.63) is 16.3 Å². The van der Waals surface area contributed by atoms with E-state index in [-0.39, 0.29) is 5.91 Å². The molecule has 0 aromatic carbocycles. The molecule has 6 heteroatoms. The summed E-state index contributed by atoms with van der Waals surface area (Å²) in [7, 11) is 0. The monoisotopic (exact) mass is 415 g/mol. The van der Waals surface area contributed by atoms with Crippen LogP contribution in [0.3, 0.4) is 0 Å². The maximum atomic E-state index is 12.8. The SMILES string of the molecule is CC1CCN(C(=O)CSc2nc(C3CC3)nc3sc4c(c23)CC[C@@H](C)C4)CC1. The average molecular weight is 416 g/mol. The van der Waals surface area contributed by atoms with E-state index in [2.05, 4.69) is 18.7 Å². The van der Waals surface area contributed by atoms with Crippen molar-refractivity contribution in [1.29, 1.82) is 0 Å². The van der Waals surface area contributed by atoms with Crippen LogP contribution in [0.25, 0.3) is 10.2 Å². The maximum absolute atomic E-state index is 12.8. The first-order valence-electron chi connectivity index (χ1n) is 10.8. The summed E-state index contributed by atoms with van der Waals surface area (Å²) in [5, 5.41) is 2.33. The number of carbonyl (C=O) groups is 1. The van der Waals surface area contributed by atoms with Crippen LogP contribution in [-0.4, -0.2) is 39.6 Å². The van der Waals surface area contributed by atoms with Crippen LogP contribution in [0.1, 0.15) is 68.1 Å². The quantitative estimate of drug-likeness (QED) is 0.518. The normalized spacial score (nSPS) is 23.2. The summed E-state index contributed by atoms with van der Waals surface area (Å²) in [6.45, 7) is 6.47. The molecule has 0 spiro atoms. The smallest absolute Gasteiger partial charge is 0.232 e. The number of rotatable bonds is 4. The Morgan fingerprint density at radius 3 is 2.64 bits per heavy atom. The van der Waals surface area contributed by atoms with Crippen molar-refractivity contribution < 1.29 is 4.79 Å². The molecule has 4 nitrogen and oxygen atoms in total. The molecule has 3 aliphatic rings. The summed E-state index contributed by atoms with van der Waals surface area (Å²) < 4.78 is 0. The lowest BCUT2D eigenvalue weighted by atomic mass is 9.89. The van der Waals surface area contributed by atoms with Crippen LogP contribution in [0.15, 0.2) is 5.03 Å². The molecule has 2 aromatic rings. The number of piperidine rings is 1. The molecule has 0 N–H and O–H groups in total. The third-order valence-corrected chi connectivity index (χ3v) is 8.66. The van der Waals surface area contributed by atoms with Gasteiger partial charge in [0.25, 0.3) is 0 Å². The maximum Gasteiger partial charge on any atom is 0.232 e. The zero-order valence-electron chi connectivity index (χ0n) is 16.9. The van der Waals surface area contributed by atoms with Crippen molar-refractivity contribution in [2.24, 2.45) is 11.8 Å². The highest BCUT2D eigenvalue weighted by Gasteiger charge is 2.30. The summed E-state index contributed by atoms with van der Waals surface area (Å²) in [4.78, 5) is 27.4. The van der Waals surface area contributed by atoms with E-state index in [1.54, 1.807) is 11.8 Å². The topological polar surface area (TPSA) is 46.1 Å². The molecule has 2 aliphatic carbocycles. The highest BCUT2D eigenvalue weighted by molar-refractivity contribution is 8.00. The van der Waals surface area contributed by atoms with E-state index in [1.807, 2.05) is 11.3 Å². The lowest BCUT2D eigenvalue weighted by Crippen LogP contribution is -2.38. The minimum absolute atomic E-state index is 0.273. The Labute approximate surface area is 175 Å². The fourth-order valence-corrected chi connectivity index (χ4v) is 6.85. The Bertz CT molecular complexity index is 897. The van der Waals surface area contributed by atoms with Crippen LogP contribution in [0.4, 0.5) is 0 Å². The number of nitrogens with zero attached hydrogens (tertiary/aromatic N) is 3. The summed E-state index contributed by atoms with van der Waals surface area (Å²) in [5.41, 5.74) is 1.47. The molecule has 1 atom stereocenters. The van der Waals surface area contributed by atoms with E-state index in [0.29, 0.717) is 11.7 Å². The number of thioether (sulfide) groups is 1. The van der Waals surface area contributed by atoms with Gasteiger partial charge in [0.15, 0.2) is 0 Å². The summed E-state index contributed by atoms with van der Waals surface area (Å²) in [6, 6.07) is 0. The van der Waals surface area contributed by atoms with Crippen molar-refractivity contribution in [1.82, 2.24) is 14.9 Å². The Hall–Kier alpha value is -1.14. The molecular weight excluding hydrogens is 386 g/mol. The summed E-state index contributed by atoms with van der Waals surface area (Å²) >= 11 is 3.53. The molecule has 0 unspecified atom stereocenters. The zero-order chi connectivity index (χ0) is 19.3. The van der Waals surface area contributed by atoms with E-state index in [9.17, 15) is 4.79 Å². The number of aromatic nitrogens is 2. The van der Waals surface area contributed by atoms with Crippen molar-refractivity contribution in [2.45, 2.75) is 69.7 Å². The second-order valence-corrected chi connectivity index (χ2v) is 11.1. The van der Waals surface area contributed by atoms with Gasteiger partial charge >= 0.3 is 0 Å². The van der Waals surface area contributed by atoms with Crippen LogP contribution < -0.4 is 0 Å². The first kappa shape index (κ1) is 18.9.